The maximum absolute atomic E-state index is 11.6. The molecule has 0 heterocycles. The third kappa shape index (κ3) is 7.40. The van der Waals surface area contributed by atoms with Crippen LogP contribution >= 0.6 is 0 Å². The average molecular weight is 239 g/mol. The van der Waals surface area contributed by atoms with Gasteiger partial charge in [0.2, 0.25) is 5.91 Å². The fourth-order valence-electron chi connectivity index (χ4n) is 2.66. The third-order valence-corrected chi connectivity index (χ3v) is 3.70. The Morgan fingerprint density at radius 1 is 0.941 bits per heavy atom. The number of nitrogens with one attached hydrogen (secondary N) is 1. The summed E-state index contributed by atoms with van der Waals surface area (Å²) in [6.07, 6.45) is 14.9. The van der Waals surface area contributed by atoms with Crippen LogP contribution in [0.15, 0.2) is 0 Å². The van der Waals surface area contributed by atoms with Gasteiger partial charge in [0.15, 0.2) is 0 Å². The second-order valence-corrected chi connectivity index (χ2v) is 5.42. The van der Waals surface area contributed by atoms with Gasteiger partial charge < -0.3 is 5.32 Å². The van der Waals surface area contributed by atoms with Gasteiger partial charge in [-0.05, 0) is 19.3 Å². The second-order valence-electron chi connectivity index (χ2n) is 5.42. The zero-order valence-electron chi connectivity index (χ0n) is 11.5. The predicted octanol–water partition coefficient (Wildman–Crippen LogP) is 4.19. The minimum atomic E-state index is 0.257. The molecule has 0 atom stereocenters. The first kappa shape index (κ1) is 14.5. The van der Waals surface area contributed by atoms with Crippen molar-refractivity contribution in [1.29, 1.82) is 0 Å². The quantitative estimate of drug-likeness (QED) is 0.786. The minimum absolute atomic E-state index is 0.257. The van der Waals surface area contributed by atoms with E-state index in [1.165, 1.54) is 64.2 Å². The molecule has 1 fully saturated rings. The van der Waals surface area contributed by atoms with E-state index in [1.54, 1.807) is 0 Å². The van der Waals surface area contributed by atoms with Crippen LogP contribution in [-0.4, -0.2) is 11.9 Å². The largest absolute Gasteiger partial charge is 0.353 e. The first-order chi connectivity index (χ1) is 8.33. The van der Waals surface area contributed by atoms with Gasteiger partial charge in [0, 0.05) is 12.5 Å². The average Bonchev–Trinajstić information content (AvgIpc) is 2.35. The topological polar surface area (TPSA) is 29.1 Å². The zero-order valence-corrected chi connectivity index (χ0v) is 11.5. The smallest absolute Gasteiger partial charge is 0.220 e. The zero-order chi connectivity index (χ0) is 12.3. The molecule has 0 bridgehead atoms. The minimum Gasteiger partial charge on any atom is -0.353 e. The summed E-state index contributed by atoms with van der Waals surface area (Å²) >= 11 is 0. The van der Waals surface area contributed by atoms with Gasteiger partial charge in [-0.1, -0.05) is 58.3 Å². The fraction of sp³-hybridized carbons (Fsp3) is 0.933. The molecule has 0 aromatic rings. The van der Waals surface area contributed by atoms with E-state index in [-0.39, 0.29) is 5.91 Å². The SMILES string of the molecule is CCCC(=O)NC1CCCCCCCCCC1. The van der Waals surface area contributed by atoms with Crippen molar-refractivity contribution in [2.24, 2.45) is 0 Å². The lowest BCUT2D eigenvalue weighted by Crippen LogP contribution is -2.34. The molecule has 0 saturated heterocycles. The van der Waals surface area contributed by atoms with Crippen LogP contribution in [0.3, 0.4) is 0 Å². The molecule has 1 N–H and O–H groups in total. The molecule has 0 radical (unpaired) electrons. The molecule has 1 saturated carbocycles. The Hall–Kier alpha value is -0.530. The van der Waals surface area contributed by atoms with E-state index in [0.29, 0.717) is 12.5 Å². The maximum atomic E-state index is 11.6. The molecule has 1 rings (SSSR count). The first-order valence-corrected chi connectivity index (χ1v) is 7.62. The van der Waals surface area contributed by atoms with Crippen molar-refractivity contribution in [1.82, 2.24) is 5.32 Å². The molecule has 0 aliphatic heterocycles. The molecule has 17 heavy (non-hydrogen) atoms. The Kier molecular flexibility index (Phi) is 8.12. The van der Waals surface area contributed by atoms with Gasteiger partial charge in [-0.2, -0.15) is 0 Å². The lowest BCUT2D eigenvalue weighted by Gasteiger charge is -2.18. The predicted molar refractivity (Wildman–Crippen MR) is 73.0 cm³/mol. The van der Waals surface area contributed by atoms with Gasteiger partial charge in [0.05, 0.1) is 0 Å². The maximum Gasteiger partial charge on any atom is 0.220 e. The normalized spacial score (nSPS) is 20.5. The van der Waals surface area contributed by atoms with E-state index >= 15 is 0 Å². The molecular weight excluding hydrogens is 210 g/mol. The second kappa shape index (κ2) is 9.49. The highest BCUT2D eigenvalue weighted by Crippen LogP contribution is 2.17. The van der Waals surface area contributed by atoms with Crippen LogP contribution in [0.2, 0.25) is 0 Å². The van der Waals surface area contributed by atoms with Crippen LogP contribution in [0.25, 0.3) is 0 Å². The summed E-state index contributed by atoms with van der Waals surface area (Å²) in [5, 5.41) is 3.22. The highest BCUT2D eigenvalue weighted by atomic mass is 16.1. The number of carbonyl (C=O) groups excluding carboxylic acids is 1. The number of hydrogen-bond donors (Lipinski definition) is 1. The van der Waals surface area contributed by atoms with Gasteiger partial charge >= 0.3 is 0 Å². The van der Waals surface area contributed by atoms with Crippen LogP contribution in [0.5, 0.6) is 0 Å². The number of rotatable bonds is 3. The van der Waals surface area contributed by atoms with Crippen molar-refractivity contribution in [3.8, 4) is 0 Å². The lowest BCUT2D eigenvalue weighted by molar-refractivity contribution is -0.121. The summed E-state index contributed by atoms with van der Waals surface area (Å²) in [5.74, 6) is 0.257. The molecule has 1 aliphatic carbocycles. The highest BCUT2D eigenvalue weighted by molar-refractivity contribution is 5.76. The summed E-state index contributed by atoms with van der Waals surface area (Å²) in [6.45, 7) is 2.07. The fourth-order valence-corrected chi connectivity index (χ4v) is 2.66. The number of carbonyl (C=O) groups is 1. The molecule has 0 unspecified atom stereocenters. The summed E-state index contributed by atoms with van der Waals surface area (Å²) in [6, 6.07) is 0.451. The highest BCUT2D eigenvalue weighted by Gasteiger charge is 2.11. The van der Waals surface area contributed by atoms with Gasteiger partial charge in [0.25, 0.3) is 0 Å². The van der Waals surface area contributed by atoms with Crippen molar-refractivity contribution in [3.63, 3.8) is 0 Å². The first-order valence-electron chi connectivity index (χ1n) is 7.62. The van der Waals surface area contributed by atoms with E-state index in [0.717, 1.165) is 6.42 Å². The lowest BCUT2D eigenvalue weighted by atomic mass is 10.0. The van der Waals surface area contributed by atoms with Crippen molar-refractivity contribution >= 4 is 5.91 Å². The molecule has 1 aliphatic rings. The number of amides is 1. The van der Waals surface area contributed by atoms with Crippen LogP contribution in [0.4, 0.5) is 0 Å². The standard InChI is InChI=1S/C15H29NO/c1-2-11-15(17)16-14-12-9-7-5-3-4-6-8-10-13-14/h14H,2-13H2,1H3,(H,16,17). The Labute approximate surface area is 107 Å². The van der Waals surface area contributed by atoms with E-state index in [1.807, 2.05) is 0 Å². The van der Waals surface area contributed by atoms with E-state index in [9.17, 15) is 4.79 Å². The van der Waals surface area contributed by atoms with E-state index < -0.39 is 0 Å². The van der Waals surface area contributed by atoms with Gasteiger partial charge in [-0.3, -0.25) is 4.79 Å². The molecule has 0 spiro atoms. The molecule has 100 valence electrons. The Morgan fingerprint density at radius 2 is 1.41 bits per heavy atom. The van der Waals surface area contributed by atoms with Gasteiger partial charge in [0.1, 0.15) is 0 Å². The van der Waals surface area contributed by atoms with Crippen LogP contribution < -0.4 is 5.32 Å². The molecule has 2 heteroatoms. The Balaban J connectivity index is 2.29. The third-order valence-electron chi connectivity index (χ3n) is 3.70. The number of hydrogen-bond acceptors (Lipinski definition) is 1. The van der Waals surface area contributed by atoms with Crippen LogP contribution in [-0.2, 0) is 4.79 Å². The monoisotopic (exact) mass is 239 g/mol. The van der Waals surface area contributed by atoms with Gasteiger partial charge in [-0.15, -0.1) is 0 Å². The molecular formula is C15H29NO. The molecule has 0 aromatic carbocycles. The Bertz CT molecular complexity index is 191. The van der Waals surface area contributed by atoms with Crippen LogP contribution in [0.1, 0.15) is 84.0 Å². The van der Waals surface area contributed by atoms with E-state index in [2.05, 4.69) is 12.2 Å². The summed E-state index contributed by atoms with van der Waals surface area (Å²) < 4.78 is 0. The summed E-state index contributed by atoms with van der Waals surface area (Å²) in [4.78, 5) is 11.6. The Morgan fingerprint density at radius 3 is 1.88 bits per heavy atom. The van der Waals surface area contributed by atoms with Crippen molar-refractivity contribution in [3.05, 3.63) is 0 Å². The summed E-state index contributed by atoms with van der Waals surface area (Å²) in [7, 11) is 0. The van der Waals surface area contributed by atoms with E-state index in [4.69, 9.17) is 0 Å². The molecule has 2 nitrogen and oxygen atoms in total. The summed E-state index contributed by atoms with van der Waals surface area (Å²) in [5.41, 5.74) is 0. The molecule has 0 aromatic heterocycles. The van der Waals surface area contributed by atoms with Crippen molar-refractivity contribution < 1.29 is 4.79 Å². The van der Waals surface area contributed by atoms with Crippen molar-refractivity contribution in [2.75, 3.05) is 0 Å². The van der Waals surface area contributed by atoms with Crippen LogP contribution in [0, 0.1) is 0 Å². The molecule has 1 amide bonds. The van der Waals surface area contributed by atoms with Crippen molar-refractivity contribution in [2.45, 2.75) is 90.0 Å². The van der Waals surface area contributed by atoms with Gasteiger partial charge in [-0.25, -0.2) is 0 Å².